The summed E-state index contributed by atoms with van der Waals surface area (Å²) in [5.41, 5.74) is 0.801. The molecule has 0 saturated heterocycles. The van der Waals surface area contributed by atoms with Gasteiger partial charge in [0, 0.05) is 12.6 Å². The molecule has 0 heterocycles. The second-order valence-electron chi connectivity index (χ2n) is 5.30. The summed E-state index contributed by atoms with van der Waals surface area (Å²) in [7, 11) is 1.57. The number of methoxy groups -OCH3 is 1. The Labute approximate surface area is 160 Å². The van der Waals surface area contributed by atoms with Crippen LogP contribution in [0.25, 0.3) is 0 Å². The first-order chi connectivity index (χ1) is 13.0. The topological polar surface area (TPSA) is 108 Å². The number of carbonyl (C=O) groups is 2. The highest BCUT2D eigenvalue weighted by Gasteiger charge is 2.15. The van der Waals surface area contributed by atoms with E-state index in [1.54, 1.807) is 37.4 Å². The van der Waals surface area contributed by atoms with Gasteiger partial charge < -0.3 is 14.8 Å². The Hall–Kier alpha value is -3.07. The smallest absolute Gasteiger partial charge is 0.316 e. The van der Waals surface area contributed by atoms with E-state index in [4.69, 9.17) is 9.47 Å². The van der Waals surface area contributed by atoms with Crippen LogP contribution in [-0.2, 0) is 20.9 Å². The molecule has 8 nitrogen and oxygen atoms in total. The molecule has 0 saturated carbocycles. The molecule has 0 aliphatic heterocycles. The summed E-state index contributed by atoms with van der Waals surface area (Å²) in [6.45, 7) is -0.113. The van der Waals surface area contributed by atoms with Crippen LogP contribution in [0.2, 0.25) is 0 Å². The molecular formula is C18H18N2O6S. The Bertz CT molecular complexity index is 810. The first-order valence-electron chi connectivity index (χ1n) is 7.91. The lowest BCUT2D eigenvalue weighted by atomic mass is 10.2. The number of ether oxygens (including phenoxy) is 2. The number of rotatable bonds is 9. The summed E-state index contributed by atoms with van der Waals surface area (Å²) in [6.07, 6.45) is 0. The predicted octanol–water partition coefficient (Wildman–Crippen LogP) is 2.56. The standard InChI is InChI=1S/C18H18N2O6S/c1-25-14-8-6-13(7-9-14)10-19-17(21)11-26-18(22)12-27-16-5-3-2-4-15(16)20(23)24/h2-9H,10-12H2,1H3,(H,19,21). The Morgan fingerprint density at radius 2 is 1.85 bits per heavy atom. The molecule has 2 rings (SSSR count). The number of nitro benzene ring substituents is 1. The summed E-state index contributed by atoms with van der Waals surface area (Å²) >= 11 is 0.989. The third-order valence-corrected chi connectivity index (χ3v) is 4.46. The fourth-order valence-electron chi connectivity index (χ4n) is 2.05. The van der Waals surface area contributed by atoms with Crippen LogP contribution in [0.1, 0.15) is 5.56 Å². The molecule has 0 aliphatic rings. The lowest BCUT2D eigenvalue weighted by Crippen LogP contribution is -2.28. The number of nitro groups is 1. The van der Waals surface area contributed by atoms with Gasteiger partial charge in [0.25, 0.3) is 11.6 Å². The van der Waals surface area contributed by atoms with Gasteiger partial charge in [0.1, 0.15) is 5.75 Å². The highest BCUT2D eigenvalue weighted by atomic mass is 32.2. The minimum Gasteiger partial charge on any atom is -0.497 e. The van der Waals surface area contributed by atoms with Crippen molar-refractivity contribution in [2.75, 3.05) is 19.5 Å². The summed E-state index contributed by atoms with van der Waals surface area (Å²) in [6, 6.07) is 13.3. The number of hydrogen-bond donors (Lipinski definition) is 1. The van der Waals surface area contributed by atoms with Gasteiger partial charge in [-0.3, -0.25) is 19.7 Å². The van der Waals surface area contributed by atoms with Gasteiger partial charge in [-0.1, -0.05) is 24.3 Å². The maximum atomic E-state index is 11.8. The SMILES string of the molecule is COc1ccc(CNC(=O)COC(=O)CSc2ccccc2[N+](=O)[O-])cc1. The number of amides is 1. The third-order valence-electron chi connectivity index (χ3n) is 3.42. The van der Waals surface area contributed by atoms with Crippen LogP contribution in [0, 0.1) is 10.1 Å². The van der Waals surface area contributed by atoms with E-state index in [0.29, 0.717) is 11.4 Å². The number of esters is 1. The second-order valence-corrected chi connectivity index (χ2v) is 6.32. The molecular weight excluding hydrogens is 372 g/mol. The van der Waals surface area contributed by atoms with Gasteiger partial charge in [-0.25, -0.2) is 0 Å². The van der Waals surface area contributed by atoms with Crippen LogP contribution in [-0.4, -0.2) is 36.3 Å². The average Bonchev–Trinajstić information content (AvgIpc) is 2.69. The first-order valence-corrected chi connectivity index (χ1v) is 8.89. The van der Waals surface area contributed by atoms with Gasteiger partial charge in [-0.05, 0) is 23.8 Å². The maximum absolute atomic E-state index is 11.8. The number of benzene rings is 2. The highest BCUT2D eigenvalue weighted by Crippen LogP contribution is 2.28. The molecule has 0 fully saturated rings. The van der Waals surface area contributed by atoms with Gasteiger partial charge in [0.15, 0.2) is 6.61 Å². The molecule has 1 N–H and O–H groups in total. The van der Waals surface area contributed by atoms with E-state index in [2.05, 4.69) is 5.32 Å². The van der Waals surface area contributed by atoms with Crippen molar-refractivity contribution in [3.8, 4) is 5.75 Å². The molecule has 0 radical (unpaired) electrons. The van der Waals surface area contributed by atoms with Crippen molar-refractivity contribution in [2.45, 2.75) is 11.4 Å². The summed E-state index contributed by atoms with van der Waals surface area (Å²) < 4.78 is 9.94. The summed E-state index contributed by atoms with van der Waals surface area (Å²) in [5.74, 6) is -0.473. The number of nitrogens with zero attached hydrogens (tertiary/aromatic N) is 1. The predicted molar refractivity (Wildman–Crippen MR) is 99.6 cm³/mol. The second kappa shape index (κ2) is 10.2. The minimum absolute atomic E-state index is 0.0764. The van der Waals surface area contributed by atoms with Crippen LogP contribution in [0.15, 0.2) is 53.4 Å². The van der Waals surface area contributed by atoms with Gasteiger partial charge in [0.2, 0.25) is 0 Å². The molecule has 2 aromatic rings. The fraction of sp³-hybridized carbons (Fsp3) is 0.222. The first kappa shape index (κ1) is 20.2. The van der Waals surface area contributed by atoms with Crippen molar-refractivity contribution < 1.29 is 24.0 Å². The zero-order chi connectivity index (χ0) is 19.6. The van der Waals surface area contributed by atoms with E-state index in [1.165, 1.54) is 6.07 Å². The van der Waals surface area contributed by atoms with Gasteiger partial charge in [-0.15, -0.1) is 11.8 Å². The number of hydrogen-bond acceptors (Lipinski definition) is 7. The summed E-state index contributed by atoms with van der Waals surface area (Å²) in [5, 5.41) is 13.6. The van der Waals surface area contributed by atoms with Crippen molar-refractivity contribution in [2.24, 2.45) is 0 Å². The fourth-order valence-corrected chi connectivity index (χ4v) is 2.87. The number of carbonyl (C=O) groups excluding carboxylic acids is 2. The van der Waals surface area contributed by atoms with Crippen LogP contribution < -0.4 is 10.1 Å². The molecule has 0 unspecified atom stereocenters. The summed E-state index contributed by atoms with van der Waals surface area (Å²) in [4.78, 5) is 34.3. The molecule has 0 aliphatic carbocycles. The van der Waals surface area contributed by atoms with Crippen LogP contribution in [0.3, 0.4) is 0 Å². The molecule has 0 atom stereocenters. The van der Waals surface area contributed by atoms with Gasteiger partial charge in [-0.2, -0.15) is 0 Å². The van der Waals surface area contributed by atoms with Crippen molar-refractivity contribution >= 4 is 29.3 Å². The lowest BCUT2D eigenvalue weighted by molar-refractivity contribution is -0.387. The van der Waals surface area contributed by atoms with Crippen molar-refractivity contribution in [1.29, 1.82) is 0 Å². The Morgan fingerprint density at radius 3 is 2.52 bits per heavy atom. The molecule has 2 aromatic carbocycles. The molecule has 0 aromatic heterocycles. The molecule has 0 bridgehead atoms. The molecule has 1 amide bonds. The zero-order valence-electron chi connectivity index (χ0n) is 14.5. The Morgan fingerprint density at radius 1 is 1.15 bits per heavy atom. The molecule has 0 spiro atoms. The monoisotopic (exact) mass is 390 g/mol. The number of para-hydroxylation sites is 1. The highest BCUT2D eigenvalue weighted by molar-refractivity contribution is 8.00. The Balaban J connectivity index is 1.71. The van der Waals surface area contributed by atoms with Crippen LogP contribution >= 0.6 is 11.8 Å². The van der Waals surface area contributed by atoms with E-state index in [9.17, 15) is 19.7 Å². The van der Waals surface area contributed by atoms with Crippen molar-refractivity contribution in [1.82, 2.24) is 5.32 Å². The molecule has 142 valence electrons. The number of nitrogens with one attached hydrogen (secondary N) is 1. The van der Waals surface area contributed by atoms with E-state index >= 15 is 0 Å². The van der Waals surface area contributed by atoms with E-state index in [1.807, 2.05) is 12.1 Å². The zero-order valence-corrected chi connectivity index (χ0v) is 15.4. The quantitative estimate of drug-likeness (QED) is 0.303. The normalized spacial score (nSPS) is 10.1. The maximum Gasteiger partial charge on any atom is 0.316 e. The van der Waals surface area contributed by atoms with E-state index < -0.39 is 23.4 Å². The van der Waals surface area contributed by atoms with Crippen LogP contribution in [0.5, 0.6) is 5.75 Å². The Kier molecular flexibility index (Phi) is 7.63. The molecule has 9 heteroatoms. The number of thioether (sulfide) groups is 1. The van der Waals surface area contributed by atoms with E-state index in [0.717, 1.165) is 23.1 Å². The minimum atomic E-state index is -0.627. The van der Waals surface area contributed by atoms with Crippen molar-refractivity contribution in [3.63, 3.8) is 0 Å². The largest absolute Gasteiger partial charge is 0.497 e. The van der Waals surface area contributed by atoms with Crippen molar-refractivity contribution in [3.05, 3.63) is 64.2 Å². The lowest BCUT2D eigenvalue weighted by Gasteiger charge is -2.07. The van der Waals surface area contributed by atoms with Gasteiger partial charge in [0.05, 0.1) is 22.7 Å². The van der Waals surface area contributed by atoms with Gasteiger partial charge >= 0.3 is 5.97 Å². The van der Waals surface area contributed by atoms with E-state index in [-0.39, 0.29) is 11.4 Å². The molecule has 27 heavy (non-hydrogen) atoms. The third kappa shape index (κ3) is 6.63. The average molecular weight is 390 g/mol. The van der Waals surface area contributed by atoms with Crippen LogP contribution in [0.4, 0.5) is 5.69 Å².